The molecular formula is C25H32CoN2O6. The second kappa shape index (κ2) is 17.3. The molecule has 0 bridgehead atoms. The molecule has 0 spiro atoms. The predicted molar refractivity (Wildman–Crippen MR) is 126 cm³/mol. The number of hydrogen-bond donors (Lipinski definition) is 2. The van der Waals surface area contributed by atoms with Crippen LogP contribution in [0.2, 0.25) is 0 Å². The van der Waals surface area contributed by atoms with E-state index in [9.17, 15) is 10.2 Å². The molecule has 34 heavy (non-hydrogen) atoms. The molecule has 0 saturated heterocycles. The summed E-state index contributed by atoms with van der Waals surface area (Å²) in [4.78, 5) is 26.3. The van der Waals surface area contributed by atoms with Crippen molar-refractivity contribution in [3.05, 3.63) is 58.7 Å². The molecule has 0 unspecified atom stereocenters. The van der Waals surface area contributed by atoms with Crippen molar-refractivity contribution in [3.8, 4) is 11.5 Å². The van der Waals surface area contributed by atoms with Crippen LogP contribution in [0.25, 0.3) is 0 Å². The van der Waals surface area contributed by atoms with E-state index in [2.05, 4.69) is 37.7 Å². The van der Waals surface area contributed by atoms with Crippen LogP contribution in [0.4, 0.5) is 0 Å². The fraction of sp³-hybridized carbons (Fsp3) is 0.360. The number of hydrogen-bond acceptors (Lipinski definition) is 8. The van der Waals surface area contributed by atoms with E-state index in [4.69, 9.17) is 19.8 Å². The van der Waals surface area contributed by atoms with Crippen molar-refractivity contribution < 1.29 is 46.8 Å². The second-order valence-electron chi connectivity index (χ2n) is 7.69. The Labute approximate surface area is 211 Å². The van der Waals surface area contributed by atoms with Gasteiger partial charge in [0.25, 0.3) is 0 Å². The SMILES string of the molecule is CC(=O)[O-].CC(=O)[O-].CC(C)c1ccc(O)c(C=NCN=Cc2cc(C(C)C)ccc2O)c1.[Co+2]. The van der Waals surface area contributed by atoms with Crippen molar-refractivity contribution in [3.63, 3.8) is 0 Å². The Balaban J connectivity index is 0. The number of nitrogens with zero attached hydrogens (tertiary/aromatic N) is 2. The first-order valence-corrected chi connectivity index (χ1v) is 10.4. The average molecular weight is 515 g/mol. The summed E-state index contributed by atoms with van der Waals surface area (Å²) in [6.07, 6.45) is 3.26. The molecule has 9 heteroatoms. The van der Waals surface area contributed by atoms with E-state index in [1.165, 1.54) is 0 Å². The Bertz CT molecular complexity index is 886. The van der Waals surface area contributed by atoms with Crippen molar-refractivity contribution in [1.82, 2.24) is 0 Å². The summed E-state index contributed by atoms with van der Waals surface area (Å²) in [6.45, 7) is 10.6. The molecule has 1 radical (unpaired) electrons. The Hall–Kier alpha value is -3.17. The van der Waals surface area contributed by atoms with E-state index in [0.717, 1.165) is 25.0 Å². The number of aromatic hydroxyl groups is 2. The van der Waals surface area contributed by atoms with Gasteiger partial charge in [-0.3, -0.25) is 9.98 Å². The van der Waals surface area contributed by atoms with Gasteiger partial charge in [-0.2, -0.15) is 0 Å². The number of carboxylic acid groups (broad SMARTS) is 2. The summed E-state index contributed by atoms with van der Waals surface area (Å²) in [7, 11) is 0. The molecule has 2 N–H and O–H groups in total. The molecule has 0 aliphatic heterocycles. The molecule has 0 saturated carbocycles. The molecule has 2 rings (SSSR count). The van der Waals surface area contributed by atoms with Crippen LogP contribution in [-0.4, -0.2) is 41.2 Å². The maximum Gasteiger partial charge on any atom is 2.00 e. The minimum Gasteiger partial charge on any atom is -0.550 e. The molecule has 0 aromatic heterocycles. The Morgan fingerprint density at radius 3 is 1.35 bits per heavy atom. The quantitative estimate of drug-likeness (QED) is 0.565. The third-order valence-corrected chi connectivity index (χ3v) is 4.06. The summed E-state index contributed by atoms with van der Waals surface area (Å²) >= 11 is 0. The number of carbonyl (C=O) groups excluding carboxylic acids is 2. The van der Waals surface area contributed by atoms with E-state index in [-0.39, 0.29) is 34.9 Å². The molecule has 0 atom stereocenters. The van der Waals surface area contributed by atoms with Gasteiger partial charge in [0.05, 0.1) is 0 Å². The normalized spacial score (nSPS) is 10.4. The van der Waals surface area contributed by atoms with Crippen molar-refractivity contribution in [2.75, 3.05) is 6.67 Å². The van der Waals surface area contributed by atoms with Gasteiger partial charge in [-0.25, -0.2) is 0 Å². The predicted octanol–water partition coefficient (Wildman–Crippen LogP) is 2.35. The van der Waals surface area contributed by atoms with E-state index in [0.29, 0.717) is 23.0 Å². The molecule has 2 aromatic carbocycles. The van der Waals surface area contributed by atoms with Gasteiger partial charge in [0.1, 0.15) is 18.2 Å². The number of aliphatic carboxylic acids is 2. The summed E-state index contributed by atoms with van der Waals surface area (Å²) in [5, 5.41) is 37.6. The number of rotatable bonds is 6. The van der Waals surface area contributed by atoms with Gasteiger partial charge in [0.2, 0.25) is 0 Å². The zero-order valence-electron chi connectivity index (χ0n) is 20.2. The third kappa shape index (κ3) is 14.8. The Morgan fingerprint density at radius 1 is 0.794 bits per heavy atom. The molecule has 0 aliphatic rings. The van der Waals surface area contributed by atoms with Gasteiger partial charge in [0, 0.05) is 35.5 Å². The monoisotopic (exact) mass is 515 g/mol. The summed E-state index contributed by atoms with van der Waals surface area (Å²) in [6, 6.07) is 11.1. The molecule has 8 nitrogen and oxygen atoms in total. The van der Waals surface area contributed by atoms with Crippen LogP contribution in [0.1, 0.15) is 75.6 Å². The molecule has 2 aromatic rings. The van der Waals surface area contributed by atoms with Crippen molar-refractivity contribution in [2.45, 2.75) is 53.4 Å². The van der Waals surface area contributed by atoms with Gasteiger partial charge in [-0.05, 0) is 61.1 Å². The average Bonchev–Trinajstić information content (AvgIpc) is 2.69. The van der Waals surface area contributed by atoms with Crippen LogP contribution < -0.4 is 10.2 Å². The van der Waals surface area contributed by atoms with E-state index >= 15 is 0 Å². The maximum atomic E-state index is 9.91. The minimum absolute atomic E-state index is 0. The number of carboxylic acids is 2. The van der Waals surface area contributed by atoms with E-state index < -0.39 is 11.9 Å². The zero-order chi connectivity index (χ0) is 25.6. The zero-order valence-corrected chi connectivity index (χ0v) is 21.3. The van der Waals surface area contributed by atoms with E-state index in [1.807, 2.05) is 24.3 Å². The van der Waals surface area contributed by atoms with Crippen LogP contribution in [-0.2, 0) is 26.4 Å². The van der Waals surface area contributed by atoms with Crippen molar-refractivity contribution >= 4 is 24.4 Å². The first-order chi connectivity index (χ1) is 15.3. The topological polar surface area (TPSA) is 145 Å². The largest absolute Gasteiger partial charge is 2.00 e. The molecular weight excluding hydrogens is 483 g/mol. The van der Waals surface area contributed by atoms with Gasteiger partial charge in [-0.1, -0.05) is 39.8 Å². The van der Waals surface area contributed by atoms with Crippen LogP contribution in [0.3, 0.4) is 0 Å². The number of benzene rings is 2. The van der Waals surface area contributed by atoms with Gasteiger partial charge in [0.15, 0.2) is 0 Å². The molecule has 187 valence electrons. The van der Waals surface area contributed by atoms with Crippen LogP contribution in [0.15, 0.2) is 46.4 Å². The van der Waals surface area contributed by atoms with Crippen molar-refractivity contribution in [1.29, 1.82) is 0 Å². The van der Waals surface area contributed by atoms with Gasteiger partial charge < -0.3 is 30.0 Å². The van der Waals surface area contributed by atoms with Gasteiger partial charge >= 0.3 is 16.8 Å². The minimum atomic E-state index is -1.08. The molecule has 0 fully saturated rings. The Morgan fingerprint density at radius 2 is 1.09 bits per heavy atom. The van der Waals surface area contributed by atoms with Crippen molar-refractivity contribution in [2.24, 2.45) is 9.98 Å². The van der Waals surface area contributed by atoms with E-state index in [1.54, 1.807) is 24.6 Å². The first kappa shape index (κ1) is 33.0. The third-order valence-electron chi connectivity index (χ3n) is 4.06. The number of phenols is 2. The summed E-state index contributed by atoms with van der Waals surface area (Å²) < 4.78 is 0. The summed E-state index contributed by atoms with van der Waals surface area (Å²) in [5.74, 6) is -0.970. The first-order valence-electron chi connectivity index (χ1n) is 10.4. The molecule has 0 heterocycles. The fourth-order valence-corrected chi connectivity index (χ4v) is 2.40. The second-order valence-corrected chi connectivity index (χ2v) is 7.69. The maximum absolute atomic E-state index is 9.91. The smallest absolute Gasteiger partial charge is 0.550 e. The van der Waals surface area contributed by atoms with Crippen LogP contribution >= 0.6 is 0 Å². The number of aliphatic imine (C=N–C) groups is 2. The van der Waals surface area contributed by atoms with Crippen LogP contribution in [0.5, 0.6) is 11.5 Å². The standard InChI is InChI=1S/C21H26N2O2.2C2H4O2.Co/c1-14(2)16-5-7-20(24)18(9-16)11-22-13-23-12-19-10-17(15(3)4)6-8-21(19)25;2*1-2(3)4;/h5-12,14-15,24-25H,13H2,1-4H3;2*1H3,(H,3,4);/q;;;+2/p-2. The van der Waals surface area contributed by atoms with Gasteiger partial charge in [-0.15, -0.1) is 0 Å². The summed E-state index contributed by atoms with van der Waals surface area (Å²) in [5.41, 5.74) is 3.67. The fourth-order valence-electron chi connectivity index (χ4n) is 2.40. The van der Waals surface area contributed by atoms with Crippen LogP contribution in [0, 0.1) is 0 Å². The number of phenolic OH excluding ortho intramolecular Hbond substituents is 2. The Kier molecular flexibility index (Phi) is 16.8. The molecule has 0 aliphatic carbocycles. The number of carbonyl (C=O) groups is 2. The molecule has 0 amide bonds.